The molecule has 0 aliphatic rings. The topological polar surface area (TPSA) is 70.0 Å². The number of nitrogens with zero attached hydrogens (tertiary/aromatic N) is 3. The third-order valence-corrected chi connectivity index (χ3v) is 1.94. The van der Waals surface area contributed by atoms with Crippen LogP contribution in [-0.2, 0) is 14.1 Å². The monoisotopic (exact) mass is 181 g/mol. The molecule has 0 aromatic carbocycles. The summed E-state index contributed by atoms with van der Waals surface area (Å²) in [6.45, 7) is 0. The zero-order valence-electron chi connectivity index (χ0n) is 7.14. The average molecular weight is 181 g/mol. The second-order valence-corrected chi connectivity index (χ2v) is 2.71. The number of fused-ring (bicyclic) bond motifs is 1. The Bertz CT molecular complexity index is 575. The maximum absolute atomic E-state index is 11.4. The van der Waals surface area contributed by atoms with Gasteiger partial charge in [-0.05, 0) is 0 Å². The van der Waals surface area contributed by atoms with Crippen molar-refractivity contribution in [3.8, 4) is 0 Å². The summed E-state index contributed by atoms with van der Waals surface area (Å²) < 4.78 is 7.10. The van der Waals surface area contributed by atoms with Crippen LogP contribution in [0.4, 0.5) is 0 Å². The van der Waals surface area contributed by atoms with Crippen LogP contribution in [-0.4, -0.2) is 14.1 Å². The quantitative estimate of drug-likeness (QED) is 0.534. The van der Waals surface area contributed by atoms with Gasteiger partial charge >= 0.3 is 11.2 Å². The summed E-state index contributed by atoms with van der Waals surface area (Å²) in [5, 5.41) is 0. The van der Waals surface area contributed by atoms with Crippen molar-refractivity contribution in [2.24, 2.45) is 14.1 Å². The van der Waals surface area contributed by atoms with Crippen molar-refractivity contribution in [2.75, 3.05) is 0 Å². The molecule has 2 aromatic heterocycles. The first kappa shape index (κ1) is 7.78. The lowest BCUT2D eigenvalue weighted by molar-refractivity contribution is 0.587. The molecule has 0 aliphatic heterocycles. The molecular formula is C7H7N3O3. The minimum absolute atomic E-state index is 0.101. The van der Waals surface area contributed by atoms with Crippen molar-refractivity contribution in [1.29, 1.82) is 0 Å². The summed E-state index contributed by atoms with van der Waals surface area (Å²) in [4.78, 5) is 26.5. The van der Waals surface area contributed by atoms with Crippen molar-refractivity contribution >= 4 is 11.2 Å². The lowest BCUT2D eigenvalue weighted by Crippen LogP contribution is -2.36. The number of aryl methyl sites for hydroxylation is 1. The number of aromatic nitrogens is 3. The predicted octanol–water partition coefficient (Wildman–Crippen LogP) is -0.775. The van der Waals surface area contributed by atoms with Gasteiger partial charge < -0.3 is 4.42 Å². The molecule has 0 saturated heterocycles. The normalized spacial score (nSPS) is 10.9. The van der Waals surface area contributed by atoms with E-state index in [1.165, 1.54) is 18.7 Å². The molecule has 0 spiro atoms. The van der Waals surface area contributed by atoms with Gasteiger partial charge in [-0.3, -0.25) is 13.9 Å². The Kier molecular flexibility index (Phi) is 1.39. The second-order valence-electron chi connectivity index (χ2n) is 2.71. The summed E-state index contributed by atoms with van der Waals surface area (Å²) in [6.07, 6.45) is 1.14. The smallest absolute Gasteiger partial charge is 0.332 e. The molecule has 2 heterocycles. The van der Waals surface area contributed by atoms with Crippen LogP contribution in [0.3, 0.4) is 0 Å². The van der Waals surface area contributed by atoms with Gasteiger partial charge in [0.25, 0.3) is 0 Å². The molecule has 13 heavy (non-hydrogen) atoms. The molecule has 0 radical (unpaired) electrons. The van der Waals surface area contributed by atoms with Crippen LogP contribution in [0.1, 0.15) is 0 Å². The molecule has 0 atom stereocenters. The zero-order valence-corrected chi connectivity index (χ0v) is 7.14. The van der Waals surface area contributed by atoms with Gasteiger partial charge in [-0.25, -0.2) is 4.79 Å². The molecule has 0 fully saturated rings. The van der Waals surface area contributed by atoms with E-state index in [4.69, 9.17) is 4.42 Å². The van der Waals surface area contributed by atoms with E-state index in [0.717, 1.165) is 11.0 Å². The van der Waals surface area contributed by atoms with E-state index in [2.05, 4.69) is 4.98 Å². The fourth-order valence-corrected chi connectivity index (χ4v) is 1.18. The highest BCUT2D eigenvalue weighted by atomic mass is 16.3. The SMILES string of the molecule is Cn1c(=O)c2ocnc2n(C)c1=O. The summed E-state index contributed by atoms with van der Waals surface area (Å²) in [7, 11) is 2.93. The summed E-state index contributed by atoms with van der Waals surface area (Å²) in [5.41, 5.74) is -0.500. The Hall–Kier alpha value is -1.85. The van der Waals surface area contributed by atoms with E-state index in [0.29, 0.717) is 0 Å². The molecule has 0 aliphatic carbocycles. The number of rotatable bonds is 0. The first-order chi connectivity index (χ1) is 6.13. The molecule has 2 aromatic rings. The van der Waals surface area contributed by atoms with Crippen molar-refractivity contribution in [2.45, 2.75) is 0 Å². The van der Waals surface area contributed by atoms with Crippen LogP contribution in [0.25, 0.3) is 11.2 Å². The number of oxazole rings is 1. The highest BCUT2D eigenvalue weighted by Crippen LogP contribution is 2.01. The Morgan fingerprint density at radius 1 is 1.31 bits per heavy atom. The highest BCUT2D eigenvalue weighted by Gasteiger charge is 2.11. The molecule has 68 valence electrons. The van der Waals surface area contributed by atoms with Crippen LogP contribution < -0.4 is 11.2 Å². The highest BCUT2D eigenvalue weighted by molar-refractivity contribution is 5.65. The van der Waals surface area contributed by atoms with Crippen molar-refractivity contribution in [3.63, 3.8) is 0 Å². The van der Waals surface area contributed by atoms with Crippen LogP contribution in [0.15, 0.2) is 20.4 Å². The van der Waals surface area contributed by atoms with Gasteiger partial charge in [-0.2, -0.15) is 4.98 Å². The average Bonchev–Trinajstić information content (AvgIpc) is 2.59. The van der Waals surface area contributed by atoms with Gasteiger partial charge in [0.05, 0.1) is 0 Å². The lowest BCUT2D eigenvalue weighted by Gasteiger charge is -1.99. The maximum Gasteiger partial charge on any atom is 0.332 e. The van der Waals surface area contributed by atoms with Crippen LogP contribution >= 0.6 is 0 Å². The Balaban J connectivity index is 3.21. The van der Waals surface area contributed by atoms with E-state index in [1.807, 2.05) is 0 Å². The third-order valence-electron chi connectivity index (χ3n) is 1.94. The van der Waals surface area contributed by atoms with E-state index >= 15 is 0 Å². The molecule has 0 amide bonds. The summed E-state index contributed by atoms with van der Waals surface area (Å²) >= 11 is 0. The van der Waals surface area contributed by atoms with Crippen LogP contribution in [0.2, 0.25) is 0 Å². The van der Waals surface area contributed by atoms with Gasteiger partial charge in [-0.1, -0.05) is 0 Å². The summed E-state index contributed by atoms with van der Waals surface area (Å²) in [6, 6.07) is 0. The van der Waals surface area contributed by atoms with Crippen molar-refractivity contribution < 1.29 is 4.42 Å². The second kappa shape index (κ2) is 2.32. The van der Waals surface area contributed by atoms with Crippen molar-refractivity contribution in [1.82, 2.24) is 14.1 Å². The Morgan fingerprint density at radius 3 is 2.69 bits per heavy atom. The third kappa shape index (κ3) is 0.851. The van der Waals surface area contributed by atoms with Crippen LogP contribution in [0.5, 0.6) is 0 Å². The maximum atomic E-state index is 11.4. The fraction of sp³-hybridized carbons (Fsp3) is 0.286. The molecular weight excluding hydrogens is 174 g/mol. The van der Waals surface area contributed by atoms with Crippen LogP contribution in [0, 0.1) is 0 Å². The van der Waals surface area contributed by atoms with Gasteiger partial charge in [0, 0.05) is 14.1 Å². The molecule has 6 heteroatoms. The summed E-state index contributed by atoms with van der Waals surface area (Å²) in [5.74, 6) is 0. The lowest BCUT2D eigenvalue weighted by atomic mass is 10.5. The Labute approximate surface area is 72.0 Å². The predicted molar refractivity (Wildman–Crippen MR) is 44.5 cm³/mol. The molecule has 0 saturated carbocycles. The van der Waals surface area contributed by atoms with E-state index in [9.17, 15) is 9.59 Å². The van der Waals surface area contributed by atoms with Gasteiger partial charge in [0.15, 0.2) is 12.0 Å². The van der Waals surface area contributed by atoms with Gasteiger partial charge in [0.2, 0.25) is 5.58 Å². The van der Waals surface area contributed by atoms with Crippen molar-refractivity contribution in [3.05, 3.63) is 27.2 Å². The first-order valence-electron chi connectivity index (χ1n) is 3.62. The van der Waals surface area contributed by atoms with E-state index < -0.39 is 11.2 Å². The molecule has 0 N–H and O–H groups in total. The molecule has 0 bridgehead atoms. The van der Waals surface area contributed by atoms with E-state index in [1.54, 1.807) is 0 Å². The standard InChI is InChI=1S/C7H7N3O3/c1-9-5-4(13-3-8-5)6(11)10(2)7(9)12/h3H,1-2H3. The molecule has 2 rings (SSSR count). The van der Waals surface area contributed by atoms with E-state index in [-0.39, 0.29) is 11.2 Å². The number of hydrogen-bond acceptors (Lipinski definition) is 4. The zero-order chi connectivity index (χ0) is 9.59. The van der Waals surface area contributed by atoms with Gasteiger partial charge in [-0.15, -0.1) is 0 Å². The van der Waals surface area contributed by atoms with Gasteiger partial charge in [0.1, 0.15) is 0 Å². The Morgan fingerprint density at radius 2 is 2.00 bits per heavy atom. The molecule has 6 nitrogen and oxygen atoms in total. The first-order valence-corrected chi connectivity index (χ1v) is 3.62. The fourth-order valence-electron chi connectivity index (χ4n) is 1.18. The largest absolute Gasteiger partial charge is 0.436 e. The minimum atomic E-state index is -0.462. The minimum Gasteiger partial charge on any atom is -0.436 e. The number of hydrogen-bond donors (Lipinski definition) is 0. The molecule has 0 unspecified atom stereocenters.